The molecule has 1 aromatic rings. The van der Waals surface area contributed by atoms with Gasteiger partial charge in [-0.1, -0.05) is 0 Å². The van der Waals surface area contributed by atoms with Crippen molar-refractivity contribution in [3.8, 4) is 0 Å². The summed E-state index contributed by atoms with van der Waals surface area (Å²) >= 11 is 1.56. The van der Waals surface area contributed by atoms with Crippen LogP contribution in [0.15, 0.2) is 12.5 Å². The number of rotatable bonds is 11. The number of carboxylic acid groups (broad SMARTS) is 1. The van der Waals surface area contributed by atoms with E-state index in [1.54, 1.807) is 18.0 Å². The minimum absolute atomic E-state index is 0.140. The van der Waals surface area contributed by atoms with Gasteiger partial charge in [-0.25, -0.2) is 9.78 Å². The van der Waals surface area contributed by atoms with Gasteiger partial charge < -0.3 is 30.9 Å². The molecule has 3 heterocycles. The number of hydrogen-bond donors (Lipinski definition) is 5. The van der Waals surface area contributed by atoms with Crippen molar-refractivity contribution >= 4 is 35.5 Å². The van der Waals surface area contributed by atoms with E-state index in [-0.39, 0.29) is 18.4 Å². The number of H-pyrrole nitrogens is 1. The predicted molar refractivity (Wildman–Crippen MR) is 123 cm³/mol. The van der Waals surface area contributed by atoms with Crippen LogP contribution in [-0.2, 0) is 25.6 Å². The third-order valence-corrected chi connectivity index (χ3v) is 6.68. The van der Waals surface area contributed by atoms with E-state index in [0.717, 1.165) is 19.4 Å². The number of amides is 3. The second-order valence-corrected chi connectivity index (χ2v) is 9.35. The Morgan fingerprint density at radius 2 is 2.06 bits per heavy atom. The van der Waals surface area contributed by atoms with Crippen LogP contribution in [0.2, 0.25) is 0 Å². The molecule has 182 valence electrons. The number of aromatic nitrogens is 2. The summed E-state index contributed by atoms with van der Waals surface area (Å²) in [5.41, 5.74) is 0.638. The predicted octanol–water partition coefficient (Wildman–Crippen LogP) is -0.497. The number of likely N-dealkylation sites (tertiary alicyclic amines) is 1. The molecule has 2 aliphatic heterocycles. The van der Waals surface area contributed by atoms with E-state index in [1.165, 1.54) is 11.2 Å². The topological polar surface area (TPSA) is 157 Å². The van der Waals surface area contributed by atoms with Crippen molar-refractivity contribution < 1.29 is 24.3 Å². The SMILES string of the molecule is CSCCC(NC(=O)C1CCCN1)C(=O)NC(Cc1cnc[nH]1)C(=O)N1CCCC1C(=O)O. The number of hydrogen-bond acceptors (Lipinski definition) is 7. The number of carbonyl (C=O) groups excluding carboxylic acids is 3. The lowest BCUT2D eigenvalue weighted by molar-refractivity contribution is -0.149. The van der Waals surface area contributed by atoms with Crippen LogP contribution in [0.1, 0.15) is 37.8 Å². The fraction of sp³-hybridized carbons (Fsp3) is 0.667. The summed E-state index contributed by atoms with van der Waals surface area (Å²) in [7, 11) is 0. The summed E-state index contributed by atoms with van der Waals surface area (Å²) in [6.45, 7) is 1.09. The molecule has 0 bridgehead atoms. The summed E-state index contributed by atoms with van der Waals surface area (Å²) in [6, 6.07) is -2.99. The second-order valence-electron chi connectivity index (χ2n) is 8.36. The summed E-state index contributed by atoms with van der Waals surface area (Å²) in [5.74, 6) is -1.53. The maximum atomic E-state index is 13.3. The van der Waals surface area contributed by atoms with Crippen molar-refractivity contribution in [2.45, 2.75) is 62.7 Å². The van der Waals surface area contributed by atoms with Gasteiger partial charge in [0, 0.05) is 24.9 Å². The van der Waals surface area contributed by atoms with Gasteiger partial charge in [0.15, 0.2) is 0 Å². The Hall–Kier alpha value is -2.60. The van der Waals surface area contributed by atoms with Gasteiger partial charge >= 0.3 is 5.97 Å². The second kappa shape index (κ2) is 12.0. The molecule has 1 aromatic heterocycles. The van der Waals surface area contributed by atoms with Crippen LogP contribution in [0.5, 0.6) is 0 Å². The molecule has 3 amide bonds. The van der Waals surface area contributed by atoms with Crippen LogP contribution in [0.4, 0.5) is 0 Å². The van der Waals surface area contributed by atoms with E-state index in [1.807, 2.05) is 6.26 Å². The average Bonchev–Trinajstić information content (AvgIpc) is 3.57. The van der Waals surface area contributed by atoms with Crippen molar-refractivity contribution in [2.75, 3.05) is 25.1 Å². The van der Waals surface area contributed by atoms with Crippen LogP contribution in [0.25, 0.3) is 0 Å². The Balaban J connectivity index is 1.73. The zero-order valence-electron chi connectivity index (χ0n) is 18.7. The van der Waals surface area contributed by atoms with Gasteiger partial charge in [-0.15, -0.1) is 0 Å². The highest BCUT2D eigenvalue weighted by Crippen LogP contribution is 2.19. The van der Waals surface area contributed by atoms with Gasteiger partial charge in [0.1, 0.15) is 18.1 Å². The Kier molecular flexibility index (Phi) is 9.12. The maximum Gasteiger partial charge on any atom is 0.326 e. The van der Waals surface area contributed by atoms with Gasteiger partial charge in [-0.05, 0) is 50.7 Å². The van der Waals surface area contributed by atoms with Gasteiger partial charge in [0.2, 0.25) is 17.7 Å². The number of nitrogens with one attached hydrogen (secondary N) is 4. The number of imidazole rings is 1. The minimum Gasteiger partial charge on any atom is -0.480 e. The normalized spacial score (nSPS) is 22.0. The third kappa shape index (κ3) is 6.70. The Morgan fingerprint density at radius 3 is 2.70 bits per heavy atom. The van der Waals surface area contributed by atoms with Crippen LogP contribution >= 0.6 is 11.8 Å². The smallest absolute Gasteiger partial charge is 0.326 e. The lowest BCUT2D eigenvalue weighted by Crippen LogP contribution is -2.57. The van der Waals surface area contributed by atoms with Gasteiger partial charge in [-0.2, -0.15) is 11.8 Å². The van der Waals surface area contributed by atoms with Gasteiger partial charge in [0.05, 0.1) is 12.4 Å². The molecule has 4 unspecified atom stereocenters. The van der Waals surface area contributed by atoms with E-state index in [4.69, 9.17) is 0 Å². The number of carbonyl (C=O) groups is 4. The molecular formula is C21H32N6O5S. The third-order valence-electron chi connectivity index (χ3n) is 6.03. The van der Waals surface area contributed by atoms with Crippen LogP contribution in [0.3, 0.4) is 0 Å². The molecule has 0 aromatic carbocycles. The molecule has 3 rings (SSSR count). The largest absolute Gasteiger partial charge is 0.480 e. The molecule has 0 radical (unpaired) electrons. The lowest BCUT2D eigenvalue weighted by Gasteiger charge is -2.28. The molecule has 2 aliphatic rings. The number of nitrogens with zero attached hydrogens (tertiary/aromatic N) is 2. The van der Waals surface area contributed by atoms with Crippen molar-refractivity contribution in [3.05, 3.63) is 18.2 Å². The fourth-order valence-electron chi connectivity index (χ4n) is 4.26. The van der Waals surface area contributed by atoms with Crippen LogP contribution in [0, 0.1) is 0 Å². The maximum absolute atomic E-state index is 13.3. The first-order valence-electron chi connectivity index (χ1n) is 11.2. The van der Waals surface area contributed by atoms with E-state index < -0.39 is 35.9 Å². The average molecular weight is 481 g/mol. The zero-order chi connectivity index (χ0) is 23.8. The van der Waals surface area contributed by atoms with E-state index in [0.29, 0.717) is 37.3 Å². The molecule has 33 heavy (non-hydrogen) atoms. The summed E-state index contributed by atoms with van der Waals surface area (Å²) in [5, 5.41) is 18.2. The standard InChI is InChI=1S/C21H32N6O5S/c1-33-9-6-15(25-18(28)14-4-2-7-23-14)19(29)26-16(10-13-11-22-12-24-13)20(30)27-8-3-5-17(27)21(31)32/h11-12,14-17,23H,2-10H2,1H3,(H,22,24)(H,25,28)(H,26,29)(H,31,32). The molecule has 2 fully saturated rings. The van der Waals surface area contributed by atoms with Crippen LogP contribution in [-0.4, -0.2) is 92.9 Å². The Morgan fingerprint density at radius 1 is 1.24 bits per heavy atom. The lowest BCUT2D eigenvalue weighted by atomic mass is 10.1. The number of aliphatic carboxylic acids is 1. The van der Waals surface area contributed by atoms with E-state index >= 15 is 0 Å². The van der Waals surface area contributed by atoms with Crippen molar-refractivity contribution in [1.29, 1.82) is 0 Å². The molecule has 0 saturated carbocycles. The molecule has 4 atom stereocenters. The van der Waals surface area contributed by atoms with Gasteiger partial charge in [0.25, 0.3) is 0 Å². The van der Waals surface area contributed by atoms with Crippen molar-refractivity contribution in [3.63, 3.8) is 0 Å². The van der Waals surface area contributed by atoms with Crippen molar-refractivity contribution in [2.24, 2.45) is 0 Å². The molecule has 0 spiro atoms. The van der Waals surface area contributed by atoms with Crippen molar-refractivity contribution in [1.82, 2.24) is 30.8 Å². The molecule has 0 aliphatic carbocycles. The summed E-state index contributed by atoms with van der Waals surface area (Å²) < 4.78 is 0. The molecular weight excluding hydrogens is 448 g/mol. The number of carboxylic acids is 1. The monoisotopic (exact) mass is 480 g/mol. The highest BCUT2D eigenvalue weighted by atomic mass is 32.2. The molecule has 11 nitrogen and oxygen atoms in total. The molecule has 2 saturated heterocycles. The molecule has 5 N–H and O–H groups in total. The van der Waals surface area contributed by atoms with Crippen LogP contribution < -0.4 is 16.0 Å². The summed E-state index contributed by atoms with van der Waals surface area (Å²) in [4.78, 5) is 58.9. The summed E-state index contributed by atoms with van der Waals surface area (Å²) in [6.07, 6.45) is 8.10. The Labute approximate surface area is 196 Å². The number of aromatic amines is 1. The first-order valence-corrected chi connectivity index (χ1v) is 12.6. The first-order chi connectivity index (χ1) is 15.9. The minimum atomic E-state index is -1.05. The van der Waals surface area contributed by atoms with Gasteiger partial charge in [-0.3, -0.25) is 14.4 Å². The first kappa shape index (κ1) is 25.0. The van der Waals surface area contributed by atoms with E-state index in [9.17, 15) is 24.3 Å². The highest BCUT2D eigenvalue weighted by molar-refractivity contribution is 7.98. The quantitative estimate of drug-likeness (QED) is 0.284. The number of thioether (sulfide) groups is 1. The fourth-order valence-corrected chi connectivity index (χ4v) is 4.73. The molecule has 12 heteroatoms. The zero-order valence-corrected chi connectivity index (χ0v) is 19.5. The van der Waals surface area contributed by atoms with E-state index in [2.05, 4.69) is 25.9 Å². The highest BCUT2D eigenvalue weighted by Gasteiger charge is 2.38. The Bertz CT molecular complexity index is 829.